The van der Waals surface area contributed by atoms with E-state index in [1.54, 1.807) is 14.2 Å². The summed E-state index contributed by atoms with van der Waals surface area (Å²) >= 11 is 0. The standard InChI is InChI=1S/C20H19N5O3/c1-24-19-16(10-23-24)20(27)25(12-22-19)11-18(26)21-9-15-14-6-4-3-5-13(14)7-8-17(15)28-2/h3-8,10,12H,9,11H2,1-2H3,(H,21,26). The third kappa shape index (κ3) is 3.09. The summed E-state index contributed by atoms with van der Waals surface area (Å²) in [7, 11) is 3.31. The molecule has 2 aromatic heterocycles. The molecule has 0 spiro atoms. The molecule has 4 aromatic rings. The second-order valence-corrected chi connectivity index (χ2v) is 6.43. The van der Waals surface area contributed by atoms with Gasteiger partial charge in [0.25, 0.3) is 5.56 Å². The Bertz CT molecular complexity index is 1240. The molecule has 0 saturated carbocycles. The Morgan fingerprint density at radius 1 is 1.18 bits per heavy atom. The minimum atomic E-state index is -0.295. The van der Waals surface area contributed by atoms with E-state index in [9.17, 15) is 9.59 Å². The second-order valence-electron chi connectivity index (χ2n) is 6.43. The summed E-state index contributed by atoms with van der Waals surface area (Å²) in [6.45, 7) is 0.171. The minimum absolute atomic E-state index is 0.121. The predicted molar refractivity (Wildman–Crippen MR) is 105 cm³/mol. The first-order valence-corrected chi connectivity index (χ1v) is 8.77. The summed E-state index contributed by atoms with van der Waals surface area (Å²) in [5, 5.41) is 9.35. The molecule has 0 aliphatic heterocycles. The smallest absolute Gasteiger partial charge is 0.264 e. The highest BCUT2D eigenvalue weighted by molar-refractivity contribution is 5.88. The lowest BCUT2D eigenvalue weighted by Gasteiger charge is -2.13. The van der Waals surface area contributed by atoms with E-state index in [4.69, 9.17) is 4.74 Å². The lowest BCUT2D eigenvalue weighted by Crippen LogP contribution is -2.32. The molecule has 0 unspecified atom stereocenters. The number of methoxy groups -OCH3 is 1. The Hall–Kier alpha value is -3.68. The van der Waals surface area contributed by atoms with Gasteiger partial charge in [-0.3, -0.25) is 18.8 Å². The van der Waals surface area contributed by atoms with Gasteiger partial charge in [0.1, 0.15) is 24.0 Å². The number of fused-ring (bicyclic) bond motifs is 2. The number of hydrogen-bond acceptors (Lipinski definition) is 5. The van der Waals surface area contributed by atoms with E-state index < -0.39 is 0 Å². The molecule has 8 heteroatoms. The highest BCUT2D eigenvalue weighted by atomic mass is 16.5. The first-order valence-electron chi connectivity index (χ1n) is 8.77. The molecule has 4 rings (SSSR count). The fourth-order valence-electron chi connectivity index (χ4n) is 3.27. The molecule has 0 saturated heterocycles. The largest absolute Gasteiger partial charge is 0.496 e. The van der Waals surface area contributed by atoms with Gasteiger partial charge < -0.3 is 10.1 Å². The van der Waals surface area contributed by atoms with Crippen LogP contribution in [0.25, 0.3) is 21.8 Å². The van der Waals surface area contributed by atoms with Crippen LogP contribution in [-0.2, 0) is 24.9 Å². The third-order valence-corrected chi connectivity index (χ3v) is 4.71. The van der Waals surface area contributed by atoms with Gasteiger partial charge in [-0.2, -0.15) is 5.10 Å². The Kier molecular flexibility index (Phi) is 4.52. The SMILES string of the molecule is COc1ccc2ccccc2c1CNC(=O)Cn1cnc2c(cnn2C)c1=O. The topological polar surface area (TPSA) is 91.0 Å². The van der Waals surface area contributed by atoms with Crippen molar-refractivity contribution in [2.24, 2.45) is 7.05 Å². The number of rotatable bonds is 5. The van der Waals surface area contributed by atoms with Crippen molar-refractivity contribution in [1.29, 1.82) is 0 Å². The van der Waals surface area contributed by atoms with Crippen molar-refractivity contribution in [3.8, 4) is 5.75 Å². The number of hydrogen-bond donors (Lipinski definition) is 1. The van der Waals surface area contributed by atoms with Crippen LogP contribution in [0.1, 0.15) is 5.56 Å². The maximum Gasteiger partial charge on any atom is 0.264 e. The monoisotopic (exact) mass is 377 g/mol. The average molecular weight is 377 g/mol. The quantitative estimate of drug-likeness (QED) is 0.571. The number of aryl methyl sites for hydroxylation is 1. The molecule has 0 aliphatic rings. The van der Waals surface area contributed by atoms with Gasteiger partial charge in [0.15, 0.2) is 5.65 Å². The normalized spacial score (nSPS) is 11.1. The van der Waals surface area contributed by atoms with Gasteiger partial charge in [-0.15, -0.1) is 0 Å². The van der Waals surface area contributed by atoms with Gasteiger partial charge in [0, 0.05) is 19.2 Å². The molecule has 2 heterocycles. The summed E-state index contributed by atoms with van der Waals surface area (Å²) in [5.41, 5.74) is 1.08. The van der Waals surface area contributed by atoms with Crippen molar-refractivity contribution in [2.75, 3.05) is 7.11 Å². The Balaban J connectivity index is 1.55. The average Bonchev–Trinajstić information content (AvgIpc) is 3.09. The van der Waals surface area contributed by atoms with Crippen molar-refractivity contribution in [3.63, 3.8) is 0 Å². The molecule has 8 nitrogen and oxygen atoms in total. The van der Waals surface area contributed by atoms with E-state index in [0.29, 0.717) is 23.3 Å². The highest BCUT2D eigenvalue weighted by Crippen LogP contribution is 2.27. The number of aromatic nitrogens is 4. The second kappa shape index (κ2) is 7.15. The Morgan fingerprint density at radius 2 is 2.00 bits per heavy atom. The molecule has 142 valence electrons. The van der Waals surface area contributed by atoms with Gasteiger partial charge in [0.05, 0.1) is 13.3 Å². The molecule has 2 aromatic carbocycles. The number of nitrogens with one attached hydrogen (secondary N) is 1. The van der Waals surface area contributed by atoms with Crippen LogP contribution in [0, 0.1) is 0 Å². The van der Waals surface area contributed by atoms with Gasteiger partial charge >= 0.3 is 0 Å². The first-order chi connectivity index (χ1) is 13.6. The van der Waals surface area contributed by atoms with Gasteiger partial charge in [-0.1, -0.05) is 30.3 Å². The van der Waals surface area contributed by atoms with Gasteiger partial charge in [-0.05, 0) is 16.8 Å². The lowest BCUT2D eigenvalue weighted by molar-refractivity contribution is -0.121. The van der Waals surface area contributed by atoms with Crippen molar-refractivity contribution in [2.45, 2.75) is 13.1 Å². The minimum Gasteiger partial charge on any atom is -0.496 e. The number of amides is 1. The zero-order chi connectivity index (χ0) is 19.7. The van der Waals surface area contributed by atoms with Crippen LogP contribution < -0.4 is 15.6 Å². The first kappa shape index (κ1) is 17.7. The van der Waals surface area contributed by atoms with Crippen molar-refractivity contribution < 1.29 is 9.53 Å². The molecule has 0 fully saturated rings. The zero-order valence-electron chi connectivity index (χ0n) is 15.5. The van der Waals surface area contributed by atoms with Crippen LogP contribution in [0.4, 0.5) is 0 Å². The summed E-state index contributed by atoms with van der Waals surface area (Å²) in [6, 6.07) is 11.8. The molecule has 0 radical (unpaired) electrons. The molecule has 28 heavy (non-hydrogen) atoms. The molecule has 1 N–H and O–H groups in total. The van der Waals surface area contributed by atoms with Crippen molar-refractivity contribution in [1.82, 2.24) is 24.6 Å². The van der Waals surface area contributed by atoms with Gasteiger partial charge in [-0.25, -0.2) is 4.98 Å². The Labute approximate surface area is 160 Å². The number of carbonyl (C=O) groups excluding carboxylic acids is 1. The Morgan fingerprint density at radius 3 is 2.82 bits per heavy atom. The van der Waals surface area contributed by atoms with Crippen LogP contribution in [0.3, 0.4) is 0 Å². The van der Waals surface area contributed by atoms with E-state index in [2.05, 4.69) is 15.4 Å². The van der Waals surface area contributed by atoms with Crippen molar-refractivity contribution >= 4 is 27.7 Å². The van der Waals surface area contributed by atoms with E-state index >= 15 is 0 Å². The number of nitrogens with zero attached hydrogens (tertiary/aromatic N) is 4. The van der Waals surface area contributed by atoms with E-state index in [1.807, 2.05) is 36.4 Å². The molecular weight excluding hydrogens is 358 g/mol. The van der Waals surface area contributed by atoms with Crippen LogP contribution >= 0.6 is 0 Å². The van der Waals surface area contributed by atoms with E-state index in [0.717, 1.165) is 16.3 Å². The van der Waals surface area contributed by atoms with Crippen LogP contribution in [0.5, 0.6) is 5.75 Å². The number of benzene rings is 2. The van der Waals surface area contributed by atoms with Gasteiger partial charge in [0.2, 0.25) is 5.91 Å². The highest BCUT2D eigenvalue weighted by Gasteiger charge is 2.13. The lowest BCUT2D eigenvalue weighted by atomic mass is 10.0. The predicted octanol–water partition coefficient (Wildman–Crippen LogP) is 1.61. The maximum absolute atomic E-state index is 12.5. The molecule has 0 aliphatic carbocycles. The fourth-order valence-corrected chi connectivity index (χ4v) is 3.27. The van der Waals surface area contributed by atoms with E-state index in [-0.39, 0.29) is 18.0 Å². The molecule has 0 bridgehead atoms. The number of carbonyl (C=O) groups is 1. The zero-order valence-corrected chi connectivity index (χ0v) is 15.5. The molecule has 0 atom stereocenters. The maximum atomic E-state index is 12.5. The summed E-state index contributed by atoms with van der Waals surface area (Å²) < 4.78 is 8.25. The summed E-state index contributed by atoms with van der Waals surface area (Å²) in [6.07, 6.45) is 2.82. The molecule has 1 amide bonds. The van der Waals surface area contributed by atoms with Crippen LogP contribution in [0.15, 0.2) is 53.7 Å². The fraction of sp³-hybridized carbons (Fsp3) is 0.200. The van der Waals surface area contributed by atoms with Crippen LogP contribution in [-0.4, -0.2) is 32.3 Å². The van der Waals surface area contributed by atoms with E-state index in [1.165, 1.54) is 21.8 Å². The number of ether oxygens (including phenoxy) is 1. The van der Waals surface area contributed by atoms with Crippen molar-refractivity contribution in [3.05, 3.63) is 64.8 Å². The summed E-state index contributed by atoms with van der Waals surface area (Å²) in [4.78, 5) is 29.2. The third-order valence-electron chi connectivity index (χ3n) is 4.71. The van der Waals surface area contributed by atoms with Crippen LogP contribution in [0.2, 0.25) is 0 Å². The summed E-state index contributed by atoms with van der Waals surface area (Å²) in [5.74, 6) is 0.414. The molecular formula is C20H19N5O3.